The van der Waals surface area contributed by atoms with E-state index in [2.05, 4.69) is 16.0 Å². The molecule has 32 heavy (non-hydrogen) atoms. The number of nitrogens with zero attached hydrogens (tertiary/aromatic N) is 1. The van der Waals surface area contributed by atoms with Crippen LogP contribution in [0.3, 0.4) is 0 Å². The summed E-state index contributed by atoms with van der Waals surface area (Å²) >= 11 is 0. The van der Waals surface area contributed by atoms with Gasteiger partial charge in [-0.2, -0.15) is 0 Å². The molecule has 4 N–H and O–H groups in total. The van der Waals surface area contributed by atoms with Gasteiger partial charge in [-0.25, -0.2) is 9.59 Å². The maximum atomic E-state index is 13.1. The number of hydrogen-bond donors (Lipinski definition) is 4. The summed E-state index contributed by atoms with van der Waals surface area (Å²) in [4.78, 5) is 51.2. The molecule has 1 heterocycles. The van der Waals surface area contributed by atoms with Crippen molar-refractivity contribution >= 4 is 35.2 Å². The van der Waals surface area contributed by atoms with Gasteiger partial charge in [-0.15, -0.1) is 0 Å². The molecule has 2 aromatic rings. The van der Waals surface area contributed by atoms with Crippen molar-refractivity contribution in [3.63, 3.8) is 0 Å². The van der Waals surface area contributed by atoms with Crippen LogP contribution in [0.25, 0.3) is 0 Å². The number of carboxylic acids is 1. The third-order valence-corrected chi connectivity index (χ3v) is 5.46. The molecule has 4 amide bonds. The number of anilines is 2. The van der Waals surface area contributed by atoms with Crippen LogP contribution in [0.2, 0.25) is 0 Å². The first-order chi connectivity index (χ1) is 15.3. The Kier molecular flexibility index (Phi) is 7.09. The van der Waals surface area contributed by atoms with Crippen molar-refractivity contribution in [2.45, 2.75) is 32.4 Å². The number of carbonyl (C=O) groups is 4. The van der Waals surface area contributed by atoms with Gasteiger partial charge in [0.15, 0.2) is 6.04 Å². The van der Waals surface area contributed by atoms with Crippen LogP contribution in [0.15, 0.2) is 54.6 Å². The summed E-state index contributed by atoms with van der Waals surface area (Å²) in [5, 5.41) is 17.6. The van der Waals surface area contributed by atoms with Crippen molar-refractivity contribution in [1.29, 1.82) is 0 Å². The van der Waals surface area contributed by atoms with Crippen LogP contribution in [0.1, 0.15) is 31.9 Å². The van der Waals surface area contributed by atoms with Crippen LogP contribution in [-0.4, -0.2) is 41.5 Å². The van der Waals surface area contributed by atoms with Crippen molar-refractivity contribution in [2.75, 3.05) is 16.8 Å². The van der Waals surface area contributed by atoms with Gasteiger partial charge in [0.05, 0.1) is 11.4 Å². The monoisotopic (exact) mass is 438 g/mol. The van der Waals surface area contributed by atoms with Gasteiger partial charge in [-0.1, -0.05) is 62.7 Å². The van der Waals surface area contributed by atoms with Gasteiger partial charge >= 0.3 is 12.0 Å². The molecular formula is C23H26N4O5. The molecule has 0 spiro atoms. The molecule has 3 rings (SSSR count). The molecule has 0 saturated heterocycles. The minimum Gasteiger partial charge on any atom is -0.479 e. The van der Waals surface area contributed by atoms with Gasteiger partial charge in [-0.3, -0.25) is 14.5 Å². The van der Waals surface area contributed by atoms with Crippen LogP contribution >= 0.6 is 0 Å². The van der Waals surface area contributed by atoms with E-state index in [0.717, 1.165) is 0 Å². The number of hydrogen-bond acceptors (Lipinski definition) is 4. The summed E-state index contributed by atoms with van der Waals surface area (Å²) in [5.41, 5.74) is 1.43. The second kappa shape index (κ2) is 9.95. The van der Waals surface area contributed by atoms with Crippen LogP contribution in [0, 0.1) is 5.92 Å². The van der Waals surface area contributed by atoms with Crippen LogP contribution < -0.4 is 20.9 Å². The molecule has 1 aliphatic rings. The SMILES string of the molecule is CC[C@H](C)[C@H](NC(=O)N1CC(=O)Nc2ccccc21)C(=O)N[C@H](C(=O)O)c1ccccc1. The summed E-state index contributed by atoms with van der Waals surface area (Å²) in [5.74, 6) is -2.45. The number of fused-ring (bicyclic) bond motifs is 1. The standard InChI is InChI=1S/C23H26N4O5/c1-3-14(2)19(21(29)25-20(22(30)31)15-9-5-4-6-10-15)26-23(32)27-13-18(28)24-16-11-7-8-12-17(16)27/h4-12,14,19-20H,3,13H2,1-2H3,(H,24,28)(H,25,29)(H,26,32)(H,30,31)/t14-,19-,20-/m0/s1. The maximum Gasteiger partial charge on any atom is 0.330 e. The lowest BCUT2D eigenvalue weighted by Crippen LogP contribution is -2.56. The Morgan fingerprint density at radius 3 is 2.38 bits per heavy atom. The molecule has 0 bridgehead atoms. The first-order valence-electron chi connectivity index (χ1n) is 10.4. The second-order valence-electron chi connectivity index (χ2n) is 7.65. The number of para-hydroxylation sites is 2. The fourth-order valence-electron chi connectivity index (χ4n) is 3.49. The minimum absolute atomic E-state index is 0.195. The topological polar surface area (TPSA) is 128 Å². The lowest BCUT2D eigenvalue weighted by atomic mass is 9.97. The Bertz CT molecular complexity index is 1010. The Morgan fingerprint density at radius 1 is 1.06 bits per heavy atom. The first-order valence-corrected chi connectivity index (χ1v) is 10.4. The Morgan fingerprint density at radius 2 is 1.72 bits per heavy atom. The average Bonchev–Trinajstić information content (AvgIpc) is 2.79. The molecule has 2 aromatic carbocycles. The van der Waals surface area contributed by atoms with Gasteiger partial charge in [0.1, 0.15) is 12.6 Å². The summed E-state index contributed by atoms with van der Waals surface area (Å²) in [7, 11) is 0. The molecule has 9 nitrogen and oxygen atoms in total. The third kappa shape index (κ3) is 5.05. The average molecular weight is 438 g/mol. The van der Waals surface area contributed by atoms with Crippen LogP contribution in [0.4, 0.5) is 16.2 Å². The number of carbonyl (C=O) groups excluding carboxylic acids is 3. The smallest absolute Gasteiger partial charge is 0.330 e. The predicted octanol–water partition coefficient (Wildman–Crippen LogP) is 2.51. The van der Waals surface area contributed by atoms with Crippen molar-refractivity contribution in [2.24, 2.45) is 5.92 Å². The summed E-state index contributed by atoms with van der Waals surface area (Å²) in [6.45, 7) is 3.46. The molecule has 0 saturated carbocycles. The van der Waals surface area contributed by atoms with Gasteiger partial charge < -0.3 is 21.1 Å². The molecule has 0 aromatic heterocycles. The van der Waals surface area contributed by atoms with Gasteiger partial charge in [0.2, 0.25) is 11.8 Å². The van der Waals surface area contributed by atoms with Crippen molar-refractivity contribution in [3.05, 3.63) is 60.2 Å². The first kappa shape index (κ1) is 22.8. The second-order valence-corrected chi connectivity index (χ2v) is 7.65. The zero-order valence-corrected chi connectivity index (χ0v) is 17.9. The van der Waals surface area contributed by atoms with E-state index in [1.807, 2.05) is 6.92 Å². The largest absolute Gasteiger partial charge is 0.479 e. The highest BCUT2D eigenvalue weighted by atomic mass is 16.4. The number of rotatable bonds is 7. The van der Waals surface area contributed by atoms with Crippen LogP contribution in [0.5, 0.6) is 0 Å². The normalized spacial score (nSPS) is 15.6. The summed E-state index contributed by atoms with van der Waals surface area (Å²) < 4.78 is 0. The van der Waals surface area contributed by atoms with Crippen molar-refractivity contribution < 1.29 is 24.3 Å². The van der Waals surface area contributed by atoms with E-state index in [0.29, 0.717) is 23.4 Å². The van der Waals surface area contributed by atoms with Gasteiger partial charge in [0.25, 0.3) is 0 Å². The fourth-order valence-corrected chi connectivity index (χ4v) is 3.49. The maximum absolute atomic E-state index is 13.1. The van der Waals surface area contributed by atoms with Crippen molar-refractivity contribution in [3.8, 4) is 0 Å². The highest BCUT2D eigenvalue weighted by Gasteiger charge is 2.33. The summed E-state index contributed by atoms with van der Waals surface area (Å²) in [6.07, 6.45) is 0.568. The molecule has 1 aliphatic heterocycles. The molecule has 3 atom stereocenters. The number of aliphatic carboxylic acids is 1. The number of urea groups is 1. The highest BCUT2D eigenvalue weighted by Crippen LogP contribution is 2.29. The number of benzene rings is 2. The van der Waals surface area contributed by atoms with Crippen molar-refractivity contribution in [1.82, 2.24) is 10.6 Å². The van der Waals surface area contributed by atoms with E-state index in [-0.39, 0.29) is 18.4 Å². The predicted molar refractivity (Wildman–Crippen MR) is 119 cm³/mol. The minimum atomic E-state index is -1.26. The lowest BCUT2D eigenvalue weighted by Gasteiger charge is -2.32. The van der Waals surface area contributed by atoms with E-state index < -0.39 is 30.0 Å². The molecular weight excluding hydrogens is 412 g/mol. The van der Waals surface area contributed by atoms with Gasteiger partial charge in [0, 0.05) is 0 Å². The molecule has 0 unspecified atom stereocenters. The molecule has 9 heteroatoms. The summed E-state index contributed by atoms with van der Waals surface area (Å²) in [6, 6.07) is 12.3. The molecule has 168 valence electrons. The van der Waals surface area contributed by atoms with E-state index >= 15 is 0 Å². The molecule has 0 radical (unpaired) electrons. The van der Waals surface area contributed by atoms with Gasteiger partial charge in [-0.05, 0) is 23.6 Å². The molecule has 0 fully saturated rings. The van der Waals surface area contributed by atoms with E-state index in [4.69, 9.17) is 0 Å². The number of nitrogens with one attached hydrogen (secondary N) is 3. The zero-order chi connectivity index (χ0) is 23.3. The Hall–Kier alpha value is -3.88. The quantitative estimate of drug-likeness (QED) is 0.528. The van der Waals surface area contributed by atoms with E-state index in [1.54, 1.807) is 61.5 Å². The zero-order valence-electron chi connectivity index (χ0n) is 17.9. The number of amides is 4. The number of carboxylic acid groups (broad SMARTS) is 1. The van der Waals surface area contributed by atoms with E-state index in [1.165, 1.54) is 4.90 Å². The fraction of sp³-hybridized carbons (Fsp3) is 0.304. The highest BCUT2D eigenvalue weighted by molar-refractivity contribution is 6.10. The Labute approximate surface area is 185 Å². The van der Waals surface area contributed by atoms with Crippen LogP contribution in [-0.2, 0) is 14.4 Å². The third-order valence-electron chi connectivity index (χ3n) is 5.46. The van der Waals surface area contributed by atoms with E-state index in [9.17, 15) is 24.3 Å². The lowest BCUT2D eigenvalue weighted by molar-refractivity contribution is -0.142. The molecule has 0 aliphatic carbocycles. The Balaban J connectivity index is 1.81.